The molecule has 3 unspecified atom stereocenters. The second-order valence-electron chi connectivity index (χ2n) is 8.67. The number of anilines is 1. The van der Waals surface area contributed by atoms with E-state index in [1.807, 2.05) is 4.57 Å². The van der Waals surface area contributed by atoms with E-state index in [2.05, 4.69) is 33.7 Å². The van der Waals surface area contributed by atoms with Gasteiger partial charge in [0, 0.05) is 52.5 Å². The van der Waals surface area contributed by atoms with Gasteiger partial charge in [0.1, 0.15) is 6.33 Å². The van der Waals surface area contributed by atoms with Gasteiger partial charge in [-0.3, -0.25) is 0 Å². The number of rotatable bonds is 7. The van der Waals surface area contributed by atoms with Gasteiger partial charge < -0.3 is 28.8 Å². The van der Waals surface area contributed by atoms with E-state index in [4.69, 9.17) is 14.2 Å². The van der Waals surface area contributed by atoms with Crippen molar-refractivity contribution in [3.05, 3.63) is 12.7 Å². The number of aliphatic hydroxyl groups excluding tert-OH is 1. The molecular weight excluding hydrogens is 374 g/mol. The summed E-state index contributed by atoms with van der Waals surface area (Å²) in [4.78, 5) is 15.9. The van der Waals surface area contributed by atoms with Crippen LogP contribution in [-0.4, -0.2) is 83.0 Å². The summed E-state index contributed by atoms with van der Waals surface area (Å²) in [5.41, 5.74) is 1.26. The maximum Gasteiger partial charge on any atom is 0.165 e. The minimum Gasteiger partial charge on any atom is -0.396 e. The Morgan fingerprint density at radius 1 is 1.34 bits per heavy atom. The number of methoxy groups -OCH3 is 1. The third kappa shape index (κ3) is 4.37. The van der Waals surface area contributed by atoms with Gasteiger partial charge in [-0.25, -0.2) is 15.0 Å². The molecule has 0 bridgehead atoms. The van der Waals surface area contributed by atoms with Crippen molar-refractivity contribution in [2.75, 3.05) is 51.5 Å². The molecule has 2 fully saturated rings. The zero-order chi connectivity index (χ0) is 20.4. The molecule has 29 heavy (non-hydrogen) atoms. The lowest BCUT2D eigenvalue weighted by Crippen LogP contribution is -2.54. The van der Waals surface area contributed by atoms with Crippen LogP contribution in [0.5, 0.6) is 0 Å². The smallest absolute Gasteiger partial charge is 0.165 e. The topological polar surface area (TPSA) is 94.8 Å². The van der Waals surface area contributed by atoms with Crippen LogP contribution < -0.4 is 4.90 Å². The minimum atomic E-state index is -0.314. The number of fused-ring (bicyclic) bond motifs is 1. The molecule has 2 aliphatic rings. The van der Waals surface area contributed by atoms with Crippen molar-refractivity contribution in [3.63, 3.8) is 0 Å². The molecule has 0 saturated carbocycles. The van der Waals surface area contributed by atoms with E-state index >= 15 is 0 Å². The Balaban J connectivity index is 1.60. The summed E-state index contributed by atoms with van der Waals surface area (Å²) in [6.07, 6.45) is 4.36. The highest BCUT2D eigenvalue weighted by Gasteiger charge is 2.35. The Labute approximate surface area is 171 Å². The van der Waals surface area contributed by atoms with Crippen LogP contribution in [0.15, 0.2) is 12.7 Å². The van der Waals surface area contributed by atoms with Crippen molar-refractivity contribution in [1.29, 1.82) is 0 Å². The first kappa shape index (κ1) is 20.5. The summed E-state index contributed by atoms with van der Waals surface area (Å²) >= 11 is 0. The van der Waals surface area contributed by atoms with Crippen LogP contribution in [-0.2, 0) is 20.8 Å². The fraction of sp³-hybridized carbons (Fsp3) is 0.750. The summed E-state index contributed by atoms with van der Waals surface area (Å²) in [5.74, 6) is 1.31. The van der Waals surface area contributed by atoms with Crippen molar-refractivity contribution in [2.24, 2.45) is 11.8 Å². The molecule has 4 heterocycles. The molecular formula is C20H31N5O4. The van der Waals surface area contributed by atoms with E-state index < -0.39 is 0 Å². The van der Waals surface area contributed by atoms with Crippen LogP contribution in [0.2, 0.25) is 0 Å². The van der Waals surface area contributed by atoms with Gasteiger partial charge >= 0.3 is 0 Å². The van der Waals surface area contributed by atoms with Gasteiger partial charge in [0.25, 0.3) is 0 Å². The van der Waals surface area contributed by atoms with E-state index in [0.717, 1.165) is 30.0 Å². The fourth-order valence-corrected chi connectivity index (χ4v) is 4.50. The molecule has 2 saturated heterocycles. The number of hydrogen-bond donors (Lipinski definition) is 1. The van der Waals surface area contributed by atoms with E-state index in [0.29, 0.717) is 38.8 Å². The standard InChI is InChI=1S/C20H31N5O4/c1-20(2)11-24(7-16(29-20)10-27-3)18-17-19(22-12-21-18)25(13-23-17)6-15(8-26)14-4-5-28-9-14/h12-16,26H,4-11H2,1-3H3. The van der Waals surface area contributed by atoms with Gasteiger partial charge in [0.05, 0.1) is 24.6 Å². The highest BCUT2D eigenvalue weighted by atomic mass is 16.5. The number of ether oxygens (including phenoxy) is 3. The Hall–Kier alpha value is -1.81. The summed E-state index contributed by atoms with van der Waals surface area (Å²) in [6.45, 7) is 8.36. The predicted octanol–water partition coefficient (Wildman–Crippen LogP) is 1.10. The molecule has 160 valence electrons. The average Bonchev–Trinajstić information content (AvgIpc) is 3.35. The molecule has 9 heteroatoms. The van der Waals surface area contributed by atoms with Gasteiger partial charge in [-0.1, -0.05) is 0 Å². The van der Waals surface area contributed by atoms with Crippen molar-refractivity contribution >= 4 is 17.0 Å². The molecule has 0 aliphatic carbocycles. The molecule has 2 aliphatic heterocycles. The lowest BCUT2D eigenvalue weighted by Gasteiger charge is -2.43. The number of aromatic nitrogens is 4. The second kappa shape index (κ2) is 8.51. The fourth-order valence-electron chi connectivity index (χ4n) is 4.50. The van der Waals surface area contributed by atoms with Gasteiger partial charge in [0.2, 0.25) is 0 Å². The van der Waals surface area contributed by atoms with E-state index in [-0.39, 0.29) is 24.2 Å². The van der Waals surface area contributed by atoms with Crippen LogP contribution >= 0.6 is 0 Å². The normalized spacial score (nSPS) is 25.6. The average molecular weight is 405 g/mol. The van der Waals surface area contributed by atoms with Gasteiger partial charge in [-0.15, -0.1) is 0 Å². The third-order valence-corrected chi connectivity index (χ3v) is 5.81. The summed E-state index contributed by atoms with van der Waals surface area (Å²) in [6, 6.07) is 0. The first-order valence-corrected chi connectivity index (χ1v) is 10.3. The van der Waals surface area contributed by atoms with Gasteiger partial charge in [-0.2, -0.15) is 0 Å². The highest BCUT2D eigenvalue weighted by Crippen LogP contribution is 2.30. The number of imidazole rings is 1. The monoisotopic (exact) mass is 405 g/mol. The Morgan fingerprint density at radius 3 is 2.93 bits per heavy atom. The number of hydrogen-bond acceptors (Lipinski definition) is 8. The molecule has 1 N–H and O–H groups in total. The first-order valence-electron chi connectivity index (χ1n) is 10.3. The zero-order valence-electron chi connectivity index (χ0n) is 17.5. The van der Waals surface area contributed by atoms with Gasteiger partial charge in [0.15, 0.2) is 17.0 Å². The van der Waals surface area contributed by atoms with Crippen molar-refractivity contribution in [2.45, 2.75) is 38.5 Å². The molecule has 2 aromatic heterocycles. The van der Waals surface area contributed by atoms with Gasteiger partial charge in [-0.05, 0) is 26.2 Å². The zero-order valence-corrected chi connectivity index (χ0v) is 17.5. The Kier molecular flexibility index (Phi) is 6.00. The van der Waals surface area contributed by atoms with E-state index in [1.54, 1.807) is 19.8 Å². The maximum atomic E-state index is 9.90. The lowest BCUT2D eigenvalue weighted by atomic mass is 9.92. The summed E-state index contributed by atoms with van der Waals surface area (Å²) < 4.78 is 19.0. The lowest BCUT2D eigenvalue weighted by molar-refractivity contribution is -0.106. The molecule has 0 amide bonds. The molecule has 3 atom stereocenters. The number of aliphatic hydroxyl groups is 1. The molecule has 0 spiro atoms. The third-order valence-electron chi connectivity index (χ3n) is 5.81. The second-order valence-corrected chi connectivity index (χ2v) is 8.67. The molecule has 0 aromatic carbocycles. The van der Waals surface area contributed by atoms with Crippen LogP contribution in [0.4, 0.5) is 5.82 Å². The highest BCUT2D eigenvalue weighted by molar-refractivity contribution is 5.83. The Morgan fingerprint density at radius 2 is 2.21 bits per heavy atom. The number of nitrogens with zero attached hydrogens (tertiary/aromatic N) is 5. The van der Waals surface area contributed by atoms with Crippen molar-refractivity contribution in [1.82, 2.24) is 19.5 Å². The molecule has 2 aromatic rings. The molecule has 9 nitrogen and oxygen atoms in total. The largest absolute Gasteiger partial charge is 0.396 e. The maximum absolute atomic E-state index is 9.90. The first-order chi connectivity index (χ1) is 14.0. The van der Waals surface area contributed by atoms with Crippen molar-refractivity contribution < 1.29 is 19.3 Å². The van der Waals surface area contributed by atoms with Crippen LogP contribution in [0.25, 0.3) is 11.2 Å². The Bertz CT molecular complexity index is 820. The van der Waals surface area contributed by atoms with Crippen LogP contribution in [0, 0.1) is 11.8 Å². The SMILES string of the molecule is COCC1CN(c2ncnc3c2ncn3CC(CO)C2CCOC2)CC(C)(C)O1. The van der Waals surface area contributed by atoms with E-state index in [9.17, 15) is 5.11 Å². The number of morpholine rings is 1. The summed E-state index contributed by atoms with van der Waals surface area (Å²) in [5, 5.41) is 9.90. The van der Waals surface area contributed by atoms with Crippen LogP contribution in [0.3, 0.4) is 0 Å². The van der Waals surface area contributed by atoms with Crippen LogP contribution in [0.1, 0.15) is 20.3 Å². The quantitative estimate of drug-likeness (QED) is 0.732. The molecule has 0 radical (unpaired) electrons. The minimum absolute atomic E-state index is 0.0306. The van der Waals surface area contributed by atoms with E-state index in [1.165, 1.54) is 0 Å². The summed E-state index contributed by atoms with van der Waals surface area (Å²) in [7, 11) is 1.69. The molecule has 4 rings (SSSR count). The predicted molar refractivity (Wildman–Crippen MR) is 108 cm³/mol. The van der Waals surface area contributed by atoms with Crippen molar-refractivity contribution in [3.8, 4) is 0 Å².